The summed E-state index contributed by atoms with van der Waals surface area (Å²) in [5.41, 5.74) is 4.62. The molecule has 0 fully saturated rings. The van der Waals surface area contributed by atoms with E-state index >= 15 is 0 Å². The van der Waals surface area contributed by atoms with Crippen molar-refractivity contribution in [2.45, 2.75) is 9.79 Å². The summed E-state index contributed by atoms with van der Waals surface area (Å²) in [4.78, 5) is 22.9. The lowest BCUT2D eigenvalue weighted by atomic mass is 9.94. The Labute approximate surface area is 153 Å². The Hall–Kier alpha value is -2.58. The summed E-state index contributed by atoms with van der Waals surface area (Å²) >= 11 is 0. The highest BCUT2D eigenvalue weighted by molar-refractivity contribution is 7.86. The van der Waals surface area contributed by atoms with E-state index in [1.165, 1.54) is 0 Å². The maximum Gasteiger partial charge on any atom is 0.296 e. The summed E-state index contributed by atoms with van der Waals surface area (Å²) in [7, 11) is -9.61. The highest BCUT2D eigenvalue weighted by atomic mass is 32.2. The fourth-order valence-electron chi connectivity index (χ4n) is 2.84. The van der Waals surface area contributed by atoms with E-state index < -0.39 is 41.8 Å². The molecule has 13 heteroatoms. The molecule has 6 N–H and O–H groups in total. The number of hydrogen-bond acceptors (Lipinski definition) is 8. The highest BCUT2D eigenvalue weighted by Gasteiger charge is 2.32. The predicted molar refractivity (Wildman–Crippen MR) is 92.9 cm³/mol. The number of nitrogens with two attached hydrogens (primary N) is 1. The van der Waals surface area contributed by atoms with Crippen LogP contribution in [0, 0.1) is 0 Å². The minimum Gasteiger partial charge on any atom is -0.382 e. The summed E-state index contributed by atoms with van der Waals surface area (Å²) in [5, 5.41) is 4.39. The van der Waals surface area contributed by atoms with E-state index in [0.29, 0.717) is 0 Å². The Kier molecular flexibility index (Phi) is 4.44. The van der Waals surface area contributed by atoms with E-state index in [1.807, 2.05) is 5.32 Å². The van der Waals surface area contributed by atoms with Crippen LogP contribution in [0.15, 0.2) is 28.0 Å². The molecule has 11 nitrogen and oxygen atoms in total. The van der Waals surface area contributed by atoms with Crippen LogP contribution in [-0.4, -0.2) is 50.8 Å². The average molecular weight is 415 g/mol. The molecule has 144 valence electrons. The molecule has 0 bridgehead atoms. The smallest absolute Gasteiger partial charge is 0.296 e. The number of carbonyl (C=O) groups excluding carboxylic acids is 2. The first kappa shape index (κ1) is 19.2. The van der Waals surface area contributed by atoms with Crippen molar-refractivity contribution in [3.05, 3.63) is 29.3 Å². The molecule has 3 rings (SSSR count). The standard InChI is InChI=1S/C14H13N3O8S2/c15-1-2-16-12-7-3-6(26(20,21)22)4-8-11(7)9(14(19)17-13(8)18)5-10(12)27(23,24)25/h3-5,16H,1-2,15H2,(H,17,18,19)(H,20,21,22)(H,23,24,25). The van der Waals surface area contributed by atoms with Crippen LogP contribution in [0.1, 0.15) is 20.7 Å². The van der Waals surface area contributed by atoms with Gasteiger partial charge in [-0.1, -0.05) is 0 Å². The van der Waals surface area contributed by atoms with Crippen molar-refractivity contribution in [1.82, 2.24) is 5.32 Å². The first-order valence-electron chi connectivity index (χ1n) is 7.34. The number of amides is 2. The zero-order valence-corrected chi connectivity index (χ0v) is 15.0. The van der Waals surface area contributed by atoms with Gasteiger partial charge in [-0.2, -0.15) is 16.8 Å². The van der Waals surface area contributed by atoms with Gasteiger partial charge in [-0.25, -0.2) is 0 Å². The molecule has 0 unspecified atom stereocenters. The van der Waals surface area contributed by atoms with Crippen molar-refractivity contribution in [2.24, 2.45) is 5.73 Å². The Morgan fingerprint density at radius 3 is 2.07 bits per heavy atom. The summed E-state index contributed by atoms with van der Waals surface area (Å²) in [5.74, 6) is -1.85. The van der Waals surface area contributed by atoms with Crippen LogP contribution in [0.5, 0.6) is 0 Å². The maximum absolute atomic E-state index is 12.2. The molecule has 0 aromatic heterocycles. The molecule has 0 spiro atoms. The first-order chi connectivity index (χ1) is 12.4. The van der Waals surface area contributed by atoms with Gasteiger partial charge in [-0.3, -0.25) is 24.0 Å². The van der Waals surface area contributed by atoms with E-state index in [2.05, 4.69) is 5.32 Å². The second-order valence-corrected chi connectivity index (χ2v) is 8.45. The van der Waals surface area contributed by atoms with E-state index in [0.717, 1.165) is 18.2 Å². The monoisotopic (exact) mass is 415 g/mol. The van der Waals surface area contributed by atoms with Gasteiger partial charge in [0.05, 0.1) is 10.6 Å². The van der Waals surface area contributed by atoms with Gasteiger partial charge in [0, 0.05) is 35.0 Å². The van der Waals surface area contributed by atoms with Crippen molar-refractivity contribution in [3.8, 4) is 0 Å². The number of benzene rings is 2. The highest BCUT2D eigenvalue weighted by Crippen LogP contribution is 2.38. The molecule has 0 atom stereocenters. The molecule has 2 aromatic carbocycles. The Morgan fingerprint density at radius 2 is 1.56 bits per heavy atom. The van der Waals surface area contributed by atoms with Crippen LogP contribution >= 0.6 is 0 Å². The number of nitrogens with one attached hydrogen (secondary N) is 2. The van der Waals surface area contributed by atoms with Crippen molar-refractivity contribution < 1.29 is 35.5 Å². The van der Waals surface area contributed by atoms with E-state index in [1.54, 1.807) is 0 Å². The van der Waals surface area contributed by atoms with E-state index in [-0.39, 0.29) is 40.7 Å². The second kappa shape index (κ2) is 6.24. The number of imide groups is 1. The molecule has 2 amide bonds. The van der Waals surface area contributed by atoms with E-state index in [4.69, 9.17) is 5.73 Å². The summed E-state index contributed by atoms with van der Waals surface area (Å²) < 4.78 is 65.6. The molecule has 0 saturated heterocycles. The topological polar surface area (TPSA) is 193 Å². The summed E-state index contributed by atoms with van der Waals surface area (Å²) in [6.45, 7) is 0.0843. The molecule has 1 heterocycles. The molecule has 0 aliphatic carbocycles. The number of hydrogen-bond donors (Lipinski definition) is 5. The van der Waals surface area contributed by atoms with Crippen LogP contribution in [0.4, 0.5) is 5.69 Å². The van der Waals surface area contributed by atoms with Gasteiger partial charge in [0.25, 0.3) is 32.1 Å². The molecule has 0 radical (unpaired) electrons. The number of rotatable bonds is 5. The molecule has 2 aromatic rings. The minimum atomic E-state index is -4.84. The Morgan fingerprint density at radius 1 is 0.963 bits per heavy atom. The third-order valence-electron chi connectivity index (χ3n) is 3.91. The normalized spacial score (nSPS) is 14.3. The van der Waals surface area contributed by atoms with Crippen molar-refractivity contribution in [1.29, 1.82) is 0 Å². The number of carbonyl (C=O) groups is 2. The fraction of sp³-hybridized carbons (Fsp3) is 0.143. The van der Waals surface area contributed by atoms with Gasteiger partial charge in [0.1, 0.15) is 4.90 Å². The second-order valence-electron chi connectivity index (χ2n) is 5.64. The fourth-order valence-corrected chi connectivity index (χ4v) is 4.08. The third kappa shape index (κ3) is 3.26. The molecule has 0 saturated carbocycles. The van der Waals surface area contributed by atoms with Crippen LogP contribution in [-0.2, 0) is 20.2 Å². The summed E-state index contributed by atoms with van der Waals surface area (Å²) in [6.07, 6.45) is 0. The van der Waals surface area contributed by atoms with Crippen molar-refractivity contribution >= 4 is 48.5 Å². The Bertz CT molecular complexity index is 1200. The lowest BCUT2D eigenvalue weighted by Crippen LogP contribution is -2.35. The molecular weight excluding hydrogens is 402 g/mol. The first-order valence-corrected chi connectivity index (χ1v) is 10.2. The van der Waals surface area contributed by atoms with Crippen LogP contribution in [0.25, 0.3) is 10.8 Å². The predicted octanol–water partition coefficient (Wildman–Crippen LogP) is -0.413. The van der Waals surface area contributed by atoms with Crippen LogP contribution in [0.2, 0.25) is 0 Å². The van der Waals surface area contributed by atoms with E-state index in [9.17, 15) is 35.5 Å². The van der Waals surface area contributed by atoms with Gasteiger partial charge in [0.15, 0.2) is 0 Å². The lowest BCUT2D eigenvalue weighted by molar-refractivity contribution is 0.0844. The quantitative estimate of drug-likeness (QED) is 0.316. The average Bonchev–Trinajstić information content (AvgIpc) is 2.55. The van der Waals surface area contributed by atoms with Crippen molar-refractivity contribution in [2.75, 3.05) is 18.4 Å². The minimum absolute atomic E-state index is 0.0249. The third-order valence-corrected chi connectivity index (χ3v) is 5.62. The van der Waals surface area contributed by atoms with Crippen LogP contribution in [0.3, 0.4) is 0 Å². The number of anilines is 1. The van der Waals surface area contributed by atoms with Crippen molar-refractivity contribution in [3.63, 3.8) is 0 Å². The molecular formula is C14H13N3O8S2. The summed E-state index contributed by atoms with van der Waals surface area (Å²) in [6, 6.07) is 2.63. The van der Waals surface area contributed by atoms with Gasteiger partial charge in [0.2, 0.25) is 0 Å². The van der Waals surface area contributed by atoms with Gasteiger partial charge >= 0.3 is 0 Å². The van der Waals surface area contributed by atoms with Gasteiger partial charge in [-0.15, -0.1) is 0 Å². The van der Waals surface area contributed by atoms with Gasteiger partial charge in [-0.05, 0) is 18.2 Å². The molecule has 1 aliphatic rings. The zero-order valence-electron chi connectivity index (χ0n) is 13.4. The Balaban J connectivity index is 2.58. The zero-order chi connectivity index (χ0) is 20.1. The van der Waals surface area contributed by atoms with Gasteiger partial charge < -0.3 is 11.1 Å². The van der Waals surface area contributed by atoms with Crippen LogP contribution < -0.4 is 16.4 Å². The SMILES string of the molecule is NCCNc1c(S(=O)(=O)O)cc2c3c(cc(S(=O)(=O)O)cc13)C(=O)NC2=O. The molecule has 27 heavy (non-hydrogen) atoms. The molecule has 1 aliphatic heterocycles. The lowest BCUT2D eigenvalue weighted by Gasteiger charge is -2.21. The largest absolute Gasteiger partial charge is 0.382 e. The maximum atomic E-state index is 12.2.